The largest absolute Gasteiger partial charge is 0.444 e. The molecule has 0 radical (unpaired) electrons. The maximum atomic E-state index is 13.3. The Hall–Kier alpha value is -2.95. The molecular weight excluding hydrogens is 355 g/mol. The van der Waals surface area contributed by atoms with Gasteiger partial charge in [0, 0.05) is 23.2 Å². The number of carbonyl (C=O) groups is 1. The first-order chi connectivity index (χ1) is 13.7. The molecule has 28 heavy (non-hydrogen) atoms. The van der Waals surface area contributed by atoms with Gasteiger partial charge in [-0.05, 0) is 61.4 Å². The molecule has 1 aromatic heterocycles. The second-order valence-corrected chi connectivity index (χ2v) is 7.76. The first kappa shape index (κ1) is 17.2. The van der Waals surface area contributed by atoms with Crippen LogP contribution in [0.5, 0.6) is 0 Å². The average Bonchev–Trinajstić information content (AvgIpc) is 3.35. The third-order valence-electron chi connectivity index (χ3n) is 6.14. The van der Waals surface area contributed by atoms with Crippen molar-refractivity contribution in [1.82, 2.24) is 9.88 Å². The van der Waals surface area contributed by atoms with Crippen LogP contribution in [0.2, 0.25) is 0 Å². The van der Waals surface area contributed by atoms with E-state index < -0.39 is 0 Å². The van der Waals surface area contributed by atoms with Gasteiger partial charge in [0.05, 0.1) is 6.20 Å². The van der Waals surface area contributed by atoms with Gasteiger partial charge in [0.1, 0.15) is 5.82 Å². The molecule has 5 rings (SSSR count). The summed E-state index contributed by atoms with van der Waals surface area (Å²) >= 11 is 0. The molecule has 0 spiro atoms. The SMILES string of the molecule is O=C(c1cccc(-c2cnco2)c1)N1C2CCC1CC(c1ccc(F)cc1)C2. The van der Waals surface area contributed by atoms with Gasteiger partial charge in [-0.3, -0.25) is 4.79 Å². The van der Waals surface area contributed by atoms with E-state index in [2.05, 4.69) is 9.88 Å². The predicted octanol–water partition coefficient (Wildman–Crippen LogP) is 5.03. The maximum Gasteiger partial charge on any atom is 0.254 e. The number of hydrogen-bond donors (Lipinski definition) is 0. The fourth-order valence-corrected chi connectivity index (χ4v) is 4.83. The normalized spacial score (nSPS) is 23.8. The van der Waals surface area contributed by atoms with E-state index in [0.717, 1.165) is 31.2 Å². The highest BCUT2D eigenvalue weighted by Crippen LogP contribution is 2.43. The van der Waals surface area contributed by atoms with E-state index in [1.165, 1.54) is 24.1 Å². The smallest absolute Gasteiger partial charge is 0.254 e. The molecule has 5 heteroatoms. The third-order valence-corrected chi connectivity index (χ3v) is 6.14. The Labute approximate surface area is 163 Å². The van der Waals surface area contributed by atoms with Crippen LogP contribution in [0.25, 0.3) is 11.3 Å². The number of rotatable bonds is 3. The van der Waals surface area contributed by atoms with Crippen molar-refractivity contribution in [1.29, 1.82) is 0 Å². The molecule has 3 heterocycles. The second kappa shape index (κ2) is 6.89. The number of piperidine rings is 1. The van der Waals surface area contributed by atoms with E-state index in [0.29, 0.717) is 17.2 Å². The molecule has 2 aliphatic heterocycles. The van der Waals surface area contributed by atoms with Gasteiger partial charge in [-0.2, -0.15) is 0 Å². The molecule has 0 N–H and O–H groups in total. The molecule has 0 saturated carbocycles. The Kier molecular flexibility index (Phi) is 4.23. The second-order valence-electron chi connectivity index (χ2n) is 7.76. The first-order valence-corrected chi connectivity index (χ1v) is 9.76. The first-order valence-electron chi connectivity index (χ1n) is 9.76. The summed E-state index contributed by atoms with van der Waals surface area (Å²) in [6.45, 7) is 0. The van der Waals surface area contributed by atoms with E-state index in [1.807, 2.05) is 36.4 Å². The summed E-state index contributed by atoms with van der Waals surface area (Å²) < 4.78 is 18.6. The summed E-state index contributed by atoms with van der Waals surface area (Å²) in [5.41, 5.74) is 2.72. The number of halogens is 1. The molecular formula is C23H21FN2O2. The molecule has 2 fully saturated rings. The van der Waals surface area contributed by atoms with Gasteiger partial charge in [0.2, 0.25) is 0 Å². The molecule has 2 aromatic carbocycles. The monoisotopic (exact) mass is 376 g/mol. The highest BCUT2D eigenvalue weighted by Gasteiger charge is 2.43. The molecule has 0 aliphatic carbocycles. The molecule has 1 amide bonds. The summed E-state index contributed by atoms with van der Waals surface area (Å²) in [5, 5.41) is 0. The van der Waals surface area contributed by atoms with Crippen molar-refractivity contribution in [2.45, 2.75) is 43.7 Å². The van der Waals surface area contributed by atoms with Crippen LogP contribution in [0.3, 0.4) is 0 Å². The van der Waals surface area contributed by atoms with Crippen molar-refractivity contribution in [3.63, 3.8) is 0 Å². The minimum absolute atomic E-state index is 0.0893. The van der Waals surface area contributed by atoms with Crippen molar-refractivity contribution >= 4 is 5.91 Å². The Morgan fingerprint density at radius 3 is 2.50 bits per heavy atom. The zero-order chi connectivity index (χ0) is 19.1. The van der Waals surface area contributed by atoms with Crippen molar-refractivity contribution in [3.8, 4) is 11.3 Å². The van der Waals surface area contributed by atoms with Gasteiger partial charge in [0.25, 0.3) is 5.91 Å². The molecule has 2 aliphatic rings. The van der Waals surface area contributed by atoms with E-state index in [4.69, 9.17) is 4.42 Å². The number of nitrogens with zero attached hydrogens (tertiary/aromatic N) is 2. The number of oxazole rings is 1. The standard InChI is InChI=1S/C23H21FN2O2/c24-19-6-4-15(5-7-19)18-11-20-8-9-21(12-18)26(20)23(27)17-3-1-2-16(10-17)22-13-25-14-28-22/h1-7,10,13-14,18,20-21H,8-9,11-12H2. The lowest BCUT2D eigenvalue weighted by Crippen LogP contribution is -2.46. The number of carbonyl (C=O) groups excluding carboxylic acids is 1. The van der Waals surface area contributed by atoms with Gasteiger partial charge in [-0.25, -0.2) is 9.37 Å². The number of hydrogen-bond acceptors (Lipinski definition) is 3. The fraction of sp³-hybridized carbons (Fsp3) is 0.304. The maximum absolute atomic E-state index is 13.3. The highest BCUT2D eigenvalue weighted by molar-refractivity contribution is 5.96. The zero-order valence-corrected chi connectivity index (χ0v) is 15.4. The summed E-state index contributed by atoms with van der Waals surface area (Å²) in [7, 11) is 0. The van der Waals surface area contributed by atoms with Crippen LogP contribution in [0.4, 0.5) is 4.39 Å². The Balaban J connectivity index is 1.37. The zero-order valence-electron chi connectivity index (χ0n) is 15.4. The van der Waals surface area contributed by atoms with Crippen LogP contribution in [0, 0.1) is 5.82 Å². The molecule has 2 atom stereocenters. The number of benzene rings is 2. The van der Waals surface area contributed by atoms with Crippen molar-refractivity contribution < 1.29 is 13.6 Å². The van der Waals surface area contributed by atoms with Crippen molar-refractivity contribution in [2.75, 3.05) is 0 Å². The Morgan fingerprint density at radius 1 is 1.07 bits per heavy atom. The van der Waals surface area contributed by atoms with E-state index >= 15 is 0 Å². The van der Waals surface area contributed by atoms with Crippen LogP contribution in [-0.2, 0) is 0 Å². The van der Waals surface area contributed by atoms with Gasteiger partial charge in [0.15, 0.2) is 12.2 Å². The number of amides is 1. The van der Waals surface area contributed by atoms with Crippen LogP contribution < -0.4 is 0 Å². The molecule has 2 bridgehead atoms. The van der Waals surface area contributed by atoms with Crippen LogP contribution >= 0.6 is 0 Å². The van der Waals surface area contributed by atoms with Gasteiger partial charge in [-0.15, -0.1) is 0 Å². The van der Waals surface area contributed by atoms with E-state index in [1.54, 1.807) is 6.20 Å². The molecule has 2 unspecified atom stereocenters. The van der Waals surface area contributed by atoms with Crippen LogP contribution in [0.1, 0.15) is 47.5 Å². The summed E-state index contributed by atoms with van der Waals surface area (Å²) in [4.78, 5) is 19.3. The molecule has 2 saturated heterocycles. The fourth-order valence-electron chi connectivity index (χ4n) is 4.83. The number of aromatic nitrogens is 1. The van der Waals surface area contributed by atoms with Crippen molar-refractivity contribution in [2.24, 2.45) is 0 Å². The number of fused-ring (bicyclic) bond motifs is 2. The van der Waals surface area contributed by atoms with Gasteiger partial charge in [-0.1, -0.05) is 24.3 Å². The summed E-state index contributed by atoms with van der Waals surface area (Å²) in [5.74, 6) is 0.938. The van der Waals surface area contributed by atoms with Crippen molar-refractivity contribution in [3.05, 3.63) is 78.1 Å². The highest BCUT2D eigenvalue weighted by atomic mass is 19.1. The average molecular weight is 376 g/mol. The summed E-state index contributed by atoms with van der Waals surface area (Å²) in [6.07, 6.45) is 7.00. The minimum atomic E-state index is -0.203. The predicted molar refractivity (Wildman–Crippen MR) is 103 cm³/mol. The lowest BCUT2D eigenvalue weighted by Gasteiger charge is -2.39. The molecule has 4 nitrogen and oxygen atoms in total. The minimum Gasteiger partial charge on any atom is -0.444 e. The Morgan fingerprint density at radius 2 is 1.82 bits per heavy atom. The summed E-state index contributed by atoms with van der Waals surface area (Å²) in [6, 6.07) is 14.9. The molecule has 3 aromatic rings. The van der Waals surface area contributed by atoms with E-state index in [9.17, 15) is 9.18 Å². The van der Waals surface area contributed by atoms with Crippen LogP contribution in [-0.4, -0.2) is 27.9 Å². The topological polar surface area (TPSA) is 46.3 Å². The third kappa shape index (κ3) is 3.01. The lowest BCUT2D eigenvalue weighted by molar-refractivity contribution is 0.0571. The quantitative estimate of drug-likeness (QED) is 0.644. The van der Waals surface area contributed by atoms with Gasteiger partial charge < -0.3 is 9.32 Å². The van der Waals surface area contributed by atoms with Crippen LogP contribution in [0.15, 0.2) is 65.5 Å². The lowest BCUT2D eigenvalue weighted by atomic mass is 9.84. The molecule has 142 valence electrons. The van der Waals surface area contributed by atoms with E-state index in [-0.39, 0.29) is 23.8 Å². The van der Waals surface area contributed by atoms with Gasteiger partial charge >= 0.3 is 0 Å². The Bertz CT molecular complexity index is 970.